The van der Waals surface area contributed by atoms with E-state index in [0.717, 1.165) is 12.1 Å². The lowest BCUT2D eigenvalue weighted by molar-refractivity contribution is 0.126. The van der Waals surface area contributed by atoms with E-state index in [1.54, 1.807) is 0 Å². The van der Waals surface area contributed by atoms with Gasteiger partial charge in [0.1, 0.15) is 5.75 Å². The van der Waals surface area contributed by atoms with Gasteiger partial charge in [-0.1, -0.05) is 49.1 Å². The Morgan fingerprint density at radius 2 is 1.90 bits per heavy atom. The van der Waals surface area contributed by atoms with Gasteiger partial charge in [-0.2, -0.15) is 0 Å². The van der Waals surface area contributed by atoms with Crippen LogP contribution in [0.3, 0.4) is 0 Å². The van der Waals surface area contributed by atoms with Crippen molar-refractivity contribution in [1.29, 1.82) is 0 Å². The van der Waals surface area contributed by atoms with Crippen molar-refractivity contribution in [2.24, 2.45) is 0 Å². The second-order valence-electron chi connectivity index (χ2n) is 5.78. The van der Waals surface area contributed by atoms with Gasteiger partial charge in [0.15, 0.2) is 0 Å². The number of nitrogens with one attached hydrogen (secondary N) is 1. The average molecular weight is 435 g/mol. The Kier molecular flexibility index (Phi) is 4.44. The van der Waals surface area contributed by atoms with Crippen molar-refractivity contribution in [3.63, 3.8) is 0 Å². The molecule has 0 aromatic heterocycles. The summed E-state index contributed by atoms with van der Waals surface area (Å²) in [5, 5.41) is 32.7. The van der Waals surface area contributed by atoms with E-state index in [1.807, 2.05) is 0 Å². The minimum Gasteiger partial charge on any atom is -0.508 e. The molecule has 5 nitrogen and oxygen atoms in total. The van der Waals surface area contributed by atoms with Gasteiger partial charge in [0, 0.05) is 36.2 Å². The van der Waals surface area contributed by atoms with Crippen molar-refractivity contribution < 1.29 is 46.1 Å². The highest BCUT2D eigenvalue weighted by molar-refractivity contribution is 5.36. The van der Waals surface area contributed by atoms with Gasteiger partial charge in [-0.05, 0) is 61.7 Å². The number of rotatable bonds is 16. The fraction of sp³-hybridized carbons (Fsp3) is 0.520. The molecule has 0 saturated carbocycles. The second kappa shape index (κ2) is 15.0. The molecule has 2 rings (SSSR count). The second-order valence-corrected chi connectivity index (χ2v) is 5.78. The van der Waals surface area contributed by atoms with Gasteiger partial charge >= 0.3 is 0 Å². The molecule has 0 spiro atoms. The molecule has 0 saturated heterocycles. The molecule has 166 valence electrons. The van der Waals surface area contributed by atoms with Gasteiger partial charge in [-0.15, -0.1) is 0 Å². The van der Waals surface area contributed by atoms with E-state index in [0.29, 0.717) is 0 Å². The number of aliphatic hydroxyl groups is 2. The lowest BCUT2D eigenvalue weighted by atomic mass is 10.1. The maximum atomic E-state index is 10.8. The minimum atomic E-state index is -3.51. The third-order valence-corrected chi connectivity index (χ3v) is 3.55. The number of benzene rings is 2. The van der Waals surface area contributed by atoms with Crippen molar-refractivity contribution >= 4 is 0 Å². The van der Waals surface area contributed by atoms with Crippen LogP contribution in [0.1, 0.15) is 87.2 Å². The van der Waals surface area contributed by atoms with Gasteiger partial charge < -0.3 is 25.4 Å². The third kappa shape index (κ3) is 9.72. The van der Waals surface area contributed by atoms with Crippen LogP contribution in [-0.4, -0.2) is 41.5 Å². The third-order valence-electron chi connectivity index (χ3n) is 3.55. The lowest BCUT2D eigenvalue weighted by Crippen LogP contribution is -2.22. The van der Waals surface area contributed by atoms with Crippen LogP contribution in [0.4, 0.5) is 0 Å². The number of aromatic hydroxyl groups is 1. The summed E-state index contributed by atoms with van der Waals surface area (Å²) in [4.78, 5) is 0. The number of ether oxygens (including phenoxy) is 1. The Morgan fingerprint density at radius 3 is 2.70 bits per heavy atom. The van der Waals surface area contributed by atoms with Gasteiger partial charge in [-0.3, -0.25) is 0 Å². The predicted octanol–water partition coefficient (Wildman–Crippen LogP) is 4.11. The molecule has 2 aromatic rings. The molecule has 0 aliphatic carbocycles. The summed E-state index contributed by atoms with van der Waals surface area (Å²) in [6.07, 6.45) is -13.5. The zero-order chi connectivity index (χ0) is 38.3. The highest BCUT2D eigenvalue weighted by Gasteiger charge is 2.09. The molecule has 0 heterocycles. The average Bonchev–Trinajstić information content (AvgIpc) is 2.90. The first-order chi connectivity index (χ1) is 21.9. The van der Waals surface area contributed by atoms with Crippen molar-refractivity contribution in [3.05, 3.63) is 65.1 Å². The van der Waals surface area contributed by atoms with Crippen molar-refractivity contribution in [2.45, 2.75) is 57.4 Å². The number of phenols is 1. The molecule has 0 fully saturated rings. The van der Waals surface area contributed by atoms with Gasteiger partial charge in [0.25, 0.3) is 0 Å². The Hall–Kier alpha value is -1.92. The maximum Gasteiger partial charge on any atom is 0.121 e. The molecule has 1 atom stereocenters. The van der Waals surface area contributed by atoms with Crippen molar-refractivity contribution in [2.75, 3.05) is 26.2 Å². The van der Waals surface area contributed by atoms with E-state index in [4.69, 9.17) is 30.8 Å². The van der Waals surface area contributed by atoms with Crippen LogP contribution < -0.4 is 5.32 Å². The van der Waals surface area contributed by atoms with Crippen LogP contribution in [-0.2, 0) is 17.7 Å². The van der Waals surface area contributed by atoms with E-state index >= 15 is 0 Å². The topological polar surface area (TPSA) is 82.0 Å². The monoisotopic (exact) mass is 434 g/mol. The van der Waals surface area contributed by atoms with Crippen LogP contribution in [0.25, 0.3) is 0 Å². The summed E-state index contributed by atoms with van der Waals surface area (Å²) in [6.45, 7) is -10.7. The van der Waals surface area contributed by atoms with E-state index in [1.165, 1.54) is 0 Å². The zero-order valence-corrected chi connectivity index (χ0v) is 16.1. The predicted molar refractivity (Wildman–Crippen MR) is 121 cm³/mol. The fourth-order valence-electron chi connectivity index (χ4n) is 2.08. The first-order valence-electron chi connectivity index (χ1n) is 18.6. The van der Waals surface area contributed by atoms with E-state index in [9.17, 15) is 15.3 Å². The van der Waals surface area contributed by atoms with E-state index in [2.05, 4.69) is 5.32 Å². The minimum absolute atomic E-state index is 0.0340. The summed E-state index contributed by atoms with van der Waals surface area (Å²) in [5.74, 6) is -1.29. The standard InChI is InChI=1S/C25H37NO4/c27-20-23-18-22(13-14-24(23)28)25(29)19-26-15-7-1-2-8-16-30-17-9-6-12-21-10-4-3-5-11-21/h3-5,10-11,13-14,18,25-29H,1-2,6-9,12,15-17,19-20H2/i3D,6D2,9D2,10D,11D,12D2,13D,14D,16D2,18D,19D2,20D2,25D. The Bertz CT molecular complexity index is 1490. The van der Waals surface area contributed by atoms with Gasteiger partial charge in [-0.25, -0.2) is 0 Å². The lowest BCUT2D eigenvalue weighted by Gasteiger charge is -2.14. The van der Waals surface area contributed by atoms with Crippen LogP contribution in [0.15, 0.2) is 48.4 Å². The SMILES string of the molecule is [2H]c1cc([2H])c(C([2H])([2H])C([2H])([2H])C([2H])([2H])COC([2H])([2H])CCCCCNC([2H])([2H])C([2H])(O)c2c([2H])c([2H])c(O)c(C([2H])([2H])O)c2[2H])c([2H])c1. The molecular formula is C25H37NO4. The number of hydrogen-bond acceptors (Lipinski definition) is 5. The number of unbranched alkanes of at least 4 members (excludes halogenated alkanes) is 2. The molecule has 0 radical (unpaired) electrons. The summed E-state index contributed by atoms with van der Waals surface area (Å²) >= 11 is 0. The quantitative estimate of drug-likeness (QED) is 0.299. The summed E-state index contributed by atoms with van der Waals surface area (Å²) in [7, 11) is 0. The fourth-order valence-corrected chi connectivity index (χ4v) is 2.08. The Labute approximate surface area is 207 Å². The normalized spacial score (nSPS) is 25.3. The van der Waals surface area contributed by atoms with Crippen LogP contribution >= 0.6 is 0 Å². The van der Waals surface area contributed by atoms with Crippen LogP contribution in [0, 0.1) is 0 Å². The molecule has 30 heavy (non-hydrogen) atoms. The van der Waals surface area contributed by atoms with Gasteiger partial charge in [0.2, 0.25) is 0 Å². The summed E-state index contributed by atoms with van der Waals surface area (Å²) < 4.78 is 157. The summed E-state index contributed by atoms with van der Waals surface area (Å²) in [5.41, 5.74) is -3.23. The molecule has 1 unspecified atom stereocenters. The summed E-state index contributed by atoms with van der Waals surface area (Å²) in [6, 6.07) is -3.49. The largest absolute Gasteiger partial charge is 0.508 e. The van der Waals surface area contributed by atoms with Gasteiger partial charge in [0.05, 0.1) is 27.7 Å². The molecule has 4 N–H and O–H groups in total. The molecule has 0 aliphatic heterocycles. The highest BCUT2D eigenvalue weighted by Crippen LogP contribution is 2.22. The molecule has 2 aromatic carbocycles. The molecule has 0 bridgehead atoms. The zero-order valence-electron chi connectivity index (χ0n) is 35.1. The Balaban J connectivity index is 2.03. The smallest absolute Gasteiger partial charge is 0.121 e. The van der Waals surface area contributed by atoms with Crippen molar-refractivity contribution in [3.8, 4) is 5.75 Å². The molecule has 0 aliphatic rings. The Morgan fingerprint density at radius 1 is 1.10 bits per heavy atom. The first-order valence-corrected chi connectivity index (χ1v) is 9.13. The molecule has 0 amide bonds. The van der Waals surface area contributed by atoms with E-state index < -0.39 is 104 Å². The first kappa shape index (κ1) is 8.91. The number of hydrogen-bond donors (Lipinski definition) is 4. The highest BCUT2D eigenvalue weighted by atomic mass is 16.5. The van der Waals surface area contributed by atoms with Crippen LogP contribution in [0.2, 0.25) is 0 Å². The molecular weight excluding hydrogens is 378 g/mol. The maximum absolute atomic E-state index is 10.8. The van der Waals surface area contributed by atoms with Crippen molar-refractivity contribution in [1.82, 2.24) is 5.32 Å². The van der Waals surface area contributed by atoms with Crippen LogP contribution in [0.5, 0.6) is 5.75 Å². The van der Waals surface area contributed by atoms with E-state index in [-0.39, 0.29) is 38.3 Å². The molecule has 5 heteroatoms.